The number of methoxy groups -OCH3 is 1. The molecule has 0 spiro atoms. The van der Waals surface area contributed by atoms with Crippen LogP contribution in [0.3, 0.4) is 0 Å². The van der Waals surface area contributed by atoms with Crippen molar-refractivity contribution in [1.29, 1.82) is 0 Å². The Labute approximate surface area is 149 Å². The molecule has 0 bridgehead atoms. The van der Waals surface area contributed by atoms with Crippen molar-refractivity contribution in [2.45, 2.75) is 6.04 Å². The molecule has 0 radical (unpaired) electrons. The van der Waals surface area contributed by atoms with Gasteiger partial charge < -0.3 is 10.1 Å². The maximum absolute atomic E-state index is 12.8. The minimum Gasteiger partial charge on any atom is -0.383 e. The molecule has 1 aromatic carbocycles. The third-order valence-electron chi connectivity index (χ3n) is 3.76. The molecule has 0 aromatic heterocycles. The molecule has 23 heavy (non-hydrogen) atoms. The summed E-state index contributed by atoms with van der Waals surface area (Å²) in [6, 6.07) is 7.06. The van der Waals surface area contributed by atoms with Gasteiger partial charge in [0.05, 0.1) is 12.6 Å². The van der Waals surface area contributed by atoms with E-state index in [9.17, 15) is 8.42 Å². The standard InChI is InChI=1S/C14H22ClN3O3S.ClH/c1-17(9-10-21-2)22(19,20)18-8-7-16-11-14(18)12-5-3-4-6-13(12)15;/h3-6,14,16H,7-11H2,1-2H3;1H. The topological polar surface area (TPSA) is 61.9 Å². The number of hydrogen-bond acceptors (Lipinski definition) is 4. The van der Waals surface area contributed by atoms with Gasteiger partial charge in [-0.1, -0.05) is 29.8 Å². The first-order valence-electron chi connectivity index (χ1n) is 7.15. The van der Waals surface area contributed by atoms with Crippen molar-refractivity contribution in [2.24, 2.45) is 0 Å². The van der Waals surface area contributed by atoms with Gasteiger partial charge in [-0.3, -0.25) is 0 Å². The molecule has 1 atom stereocenters. The van der Waals surface area contributed by atoms with Crippen LogP contribution < -0.4 is 5.32 Å². The minimum atomic E-state index is -3.56. The first kappa shape index (κ1) is 20.6. The van der Waals surface area contributed by atoms with Gasteiger partial charge in [0.15, 0.2) is 0 Å². The van der Waals surface area contributed by atoms with Crippen molar-refractivity contribution < 1.29 is 13.2 Å². The molecule has 1 saturated heterocycles. The fraction of sp³-hybridized carbons (Fsp3) is 0.571. The van der Waals surface area contributed by atoms with E-state index in [4.69, 9.17) is 16.3 Å². The van der Waals surface area contributed by atoms with Crippen LogP contribution in [0.25, 0.3) is 0 Å². The van der Waals surface area contributed by atoms with Crippen LogP contribution in [0.15, 0.2) is 24.3 Å². The van der Waals surface area contributed by atoms with Crippen molar-refractivity contribution in [1.82, 2.24) is 13.9 Å². The monoisotopic (exact) mass is 383 g/mol. The highest BCUT2D eigenvalue weighted by Gasteiger charge is 2.36. The van der Waals surface area contributed by atoms with E-state index < -0.39 is 10.2 Å². The predicted molar refractivity (Wildman–Crippen MR) is 94.4 cm³/mol. The van der Waals surface area contributed by atoms with Crippen molar-refractivity contribution >= 4 is 34.2 Å². The maximum atomic E-state index is 12.8. The number of nitrogens with zero attached hydrogens (tertiary/aromatic N) is 2. The van der Waals surface area contributed by atoms with Crippen LogP contribution in [0.5, 0.6) is 0 Å². The summed E-state index contributed by atoms with van der Waals surface area (Å²) >= 11 is 6.25. The number of halogens is 2. The lowest BCUT2D eigenvalue weighted by atomic mass is 10.1. The molecule has 9 heteroatoms. The Morgan fingerprint density at radius 2 is 2.13 bits per heavy atom. The van der Waals surface area contributed by atoms with E-state index in [0.29, 0.717) is 37.8 Å². The normalized spacial score (nSPS) is 19.6. The summed E-state index contributed by atoms with van der Waals surface area (Å²) in [5.41, 5.74) is 0.820. The Bertz CT molecular complexity index is 601. The highest BCUT2D eigenvalue weighted by Crippen LogP contribution is 2.31. The number of ether oxygens (including phenoxy) is 1. The Morgan fingerprint density at radius 1 is 1.43 bits per heavy atom. The largest absolute Gasteiger partial charge is 0.383 e. The zero-order valence-corrected chi connectivity index (χ0v) is 15.6. The fourth-order valence-electron chi connectivity index (χ4n) is 2.49. The van der Waals surface area contributed by atoms with E-state index in [-0.39, 0.29) is 18.4 Å². The van der Waals surface area contributed by atoms with Crippen molar-refractivity contribution in [3.05, 3.63) is 34.9 Å². The second-order valence-electron chi connectivity index (χ2n) is 5.17. The molecule has 1 unspecified atom stereocenters. The molecule has 132 valence electrons. The van der Waals surface area contributed by atoms with Crippen molar-refractivity contribution in [3.63, 3.8) is 0 Å². The second kappa shape index (κ2) is 9.17. The van der Waals surface area contributed by atoms with E-state index in [0.717, 1.165) is 5.56 Å². The molecular weight excluding hydrogens is 361 g/mol. The fourth-order valence-corrected chi connectivity index (χ4v) is 4.24. The molecule has 1 aliphatic heterocycles. The van der Waals surface area contributed by atoms with E-state index in [2.05, 4.69) is 5.32 Å². The molecule has 2 rings (SSSR count). The SMILES string of the molecule is COCCN(C)S(=O)(=O)N1CCNCC1c1ccccc1Cl.Cl. The molecule has 0 aliphatic carbocycles. The average molecular weight is 384 g/mol. The lowest BCUT2D eigenvalue weighted by Gasteiger charge is -2.37. The van der Waals surface area contributed by atoms with E-state index in [1.807, 2.05) is 18.2 Å². The molecule has 1 heterocycles. The molecule has 1 N–H and O–H groups in total. The highest BCUT2D eigenvalue weighted by atomic mass is 35.5. The lowest BCUT2D eigenvalue weighted by Crippen LogP contribution is -2.53. The summed E-state index contributed by atoms with van der Waals surface area (Å²) in [5.74, 6) is 0. The first-order chi connectivity index (χ1) is 10.5. The third-order valence-corrected chi connectivity index (χ3v) is 6.10. The minimum absolute atomic E-state index is 0. The van der Waals surface area contributed by atoms with Crippen LogP contribution in [0.4, 0.5) is 0 Å². The Morgan fingerprint density at radius 3 is 2.78 bits per heavy atom. The number of hydrogen-bond donors (Lipinski definition) is 1. The van der Waals surface area contributed by atoms with Crippen LogP contribution >= 0.6 is 24.0 Å². The average Bonchev–Trinajstić information content (AvgIpc) is 2.53. The Balaban J connectivity index is 0.00000264. The van der Waals surface area contributed by atoms with Crippen LogP contribution in [0, 0.1) is 0 Å². The van der Waals surface area contributed by atoms with E-state index in [1.165, 1.54) is 8.61 Å². The van der Waals surface area contributed by atoms with Crippen molar-refractivity contribution in [3.8, 4) is 0 Å². The van der Waals surface area contributed by atoms with Crippen LogP contribution in [-0.4, -0.2) is 64.0 Å². The second-order valence-corrected chi connectivity index (χ2v) is 7.57. The summed E-state index contributed by atoms with van der Waals surface area (Å²) in [6.07, 6.45) is 0. The molecule has 6 nitrogen and oxygen atoms in total. The third kappa shape index (κ3) is 4.79. The summed E-state index contributed by atoms with van der Waals surface area (Å²) < 4.78 is 33.4. The van der Waals surface area contributed by atoms with Gasteiger partial charge in [0, 0.05) is 45.4 Å². The lowest BCUT2D eigenvalue weighted by molar-refractivity contribution is 0.178. The first-order valence-corrected chi connectivity index (χ1v) is 8.93. The summed E-state index contributed by atoms with van der Waals surface area (Å²) in [7, 11) is -0.437. The number of nitrogens with one attached hydrogen (secondary N) is 1. The summed E-state index contributed by atoms with van der Waals surface area (Å²) in [5, 5.41) is 3.82. The number of piperazine rings is 1. The van der Waals surface area contributed by atoms with Gasteiger partial charge in [-0.15, -0.1) is 12.4 Å². The molecule has 1 fully saturated rings. The van der Waals surface area contributed by atoms with Crippen LogP contribution in [0.2, 0.25) is 5.02 Å². The molecule has 0 amide bonds. The summed E-state index contributed by atoms with van der Waals surface area (Å²) in [6.45, 7) is 2.26. The number of likely N-dealkylation sites (N-methyl/N-ethyl adjacent to an activating group) is 1. The number of benzene rings is 1. The van der Waals surface area contributed by atoms with Gasteiger partial charge in [0.2, 0.25) is 0 Å². The predicted octanol–water partition coefficient (Wildman–Crippen LogP) is 1.53. The highest BCUT2D eigenvalue weighted by molar-refractivity contribution is 7.86. The van der Waals surface area contributed by atoms with Crippen molar-refractivity contribution in [2.75, 3.05) is 46.9 Å². The van der Waals surface area contributed by atoms with Gasteiger partial charge in [-0.2, -0.15) is 17.0 Å². The Kier molecular flexibility index (Phi) is 8.23. The Hall–Kier alpha value is -0.410. The van der Waals surface area contributed by atoms with Crippen LogP contribution in [0.1, 0.15) is 11.6 Å². The maximum Gasteiger partial charge on any atom is 0.282 e. The van der Waals surface area contributed by atoms with E-state index in [1.54, 1.807) is 20.2 Å². The molecule has 1 aliphatic rings. The molecular formula is C14H23Cl2N3O3S. The van der Waals surface area contributed by atoms with Gasteiger partial charge in [-0.05, 0) is 11.6 Å². The molecule has 0 saturated carbocycles. The molecule has 1 aromatic rings. The van der Waals surface area contributed by atoms with Gasteiger partial charge >= 0.3 is 0 Å². The zero-order chi connectivity index (χ0) is 16.2. The smallest absolute Gasteiger partial charge is 0.282 e. The zero-order valence-electron chi connectivity index (χ0n) is 13.2. The van der Waals surface area contributed by atoms with Gasteiger partial charge in [0.25, 0.3) is 10.2 Å². The quantitative estimate of drug-likeness (QED) is 0.808. The van der Waals surface area contributed by atoms with Crippen LogP contribution in [-0.2, 0) is 14.9 Å². The van der Waals surface area contributed by atoms with Gasteiger partial charge in [0.1, 0.15) is 0 Å². The number of rotatable bonds is 6. The summed E-state index contributed by atoms with van der Waals surface area (Å²) in [4.78, 5) is 0. The van der Waals surface area contributed by atoms with Gasteiger partial charge in [-0.25, -0.2) is 0 Å². The van der Waals surface area contributed by atoms with E-state index >= 15 is 0 Å².